The Morgan fingerprint density at radius 2 is 1.87 bits per heavy atom. The molecule has 0 aliphatic carbocycles. The molecule has 118 valence electrons. The van der Waals surface area contributed by atoms with Crippen LogP contribution in [0.15, 0.2) is 50.8 Å². The number of hydrogen-bond donors (Lipinski definition) is 1. The van der Waals surface area contributed by atoms with E-state index in [0.717, 1.165) is 10.8 Å². The van der Waals surface area contributed by atoms with Gasteiger partial charge in [-0.15, -0.1) is 0 Å². The lowest BCUT2D eigenvalue weighted by Gasteiger charge is -2.08. The highest BCUT2D eigenvalue weighted by molar-refractivity contribution is 6.04. The number of fused-ring (bicyclic) bond motifs is 3. The van der Waals surface area contributed by atoms with Crippen LogP contribution in [0.3, 0.4) is 0 Å². The van der Waals surface area contributed by atoms with E-state index in [4.69, 9.17) is 19.1 Å². The monoisotopic (exact) mass is 313 g/mol. The van der Waals surface area contributed by atoms with Gasteiger partial charge in [0.05, 0.1) is 18.2 Å². The summed E-state index contributed by atoms with van der Waals surface area (Å²) < 4.78 is 16.0. The summed E-state index contributed by atoms with van der Waals surface area (Å²) in [6.07, 6.45) is 0. The van der Waals surface area contributed by atoms with Gasteiger partial charge in [0.2, 0.25) is 0 Å². The van der Waals surface area contributed by atoms with Crippen LogP contribution >= 0.6 is 0 Å². The van der Waals surface area contributed by atoms with Gasteiger partial charge in [-0.25, -0.2) is 4.79 Å². The second kappa shape index (κ2) is 6.00. The molecule has 2 aromatic carbocycles. The van der Waals surface area contributed by atoms with Crippen LogP contribution < -0.4 is 15.1 Å². The number of hydrogen-bond acceptors (Lipinski definition) is 6. The Labute approximate surface area is 131 Å². The molecule has 0 radical (unpaired) electrons. The molecule has 1 heterocycles. The Bertz CT molecular complexity index is 958. The lowest BCUT2D eigenvalue weighted by Crippen LogP contribution is -2.07. The van der Waals surface area contributed by atoms with Crippen molar-refractivity contribution in [2.24, 2.45) is 5.16 Å². The summed E-state index contributed by atoms with van der Waals surface area (Å²) in [5.41, 5.74) is 0.442. The average molecular weight is 313 g/mol. The summed E-state index contributed by atoms with van der Waals surface area (Å²) in [6, 6.07) is 10.5. The van der Waals surface area contributed by atoms with E-state index in [2.05, 4.69) is 5.16 Å². The fourth-order valence-electron chi connectivity index (χ4n) is 2.32. The SMILES string of the molecule is COc1ccc2c(c1)c(=O)oc1cc(OC/C(C)=N\O)ccc12. The highest BCUT2D eigenvalue weighted by Crippen LogP contribution is 2.28. The zero-order valence-electron chi connectivity index (χ0n) is 12.7. The van der Waals surface area contributed by atoms with Crippen LogP contribution in [-0.4, -0.2) is 24.6 Å². The standard InChI is InChI=1S/C17H15NO5/c1-10(18-20)9-22-12-4-6-14-13-5-3-11(21-2)7-15(13)17(19)23-16(14)8-12/h3-8,20H,9H2,1-2H3/b18-10-. The zero-order chi connectivity index (χ0) is 16.4. The first-order valence-electron chi connectivity index (χ1n) is 6.97. The fourth-order valence-corrected chi connectivity index (χ4v) is 2.32. The fraction of sp³-hybridized carbons (Fsp3) is 0.176. The van der Waals surface area contributed by atoms with Crippen LogP contribution in [0, 0.1) is 0 Å². The molecule has 0 aliphatic heterocycles. The number of oxime groups is 1. The van der Waals surface area contributed by atoms with Crippen molar-refractivity contribution in [2.45, 2.75) is 6.92 Å². The van der Waals surface area contributed by atoms with E-state index in [-0.39, 0.29) is 6.61 Å². The highest BCUT2D eigenvalue weighted by atomic mass is 16.5. The van der Waals surface area contributed by atoms with Crippen LogP contribution in [-0.2, 0) is 0 Å². The van der Waals surface area contributed by atoms with E-state index >= 15 is 0 Å². The van der Waals surface area contributed by atoms with E-state index in [1.807, 2.05) is 12.1 Å². The molecule has 1 aromatic heterocycles. The maximum atomic E-state index is 12.2. The van der Waals surface area contributed by atoms with Gasteiger partial charge in [0.1, 0.15) is 23.7 Å². The van der Waals surface area contributed by atoms with E-state index in [1.54, 1.807) is 38.3 Å². The van der Waals surface area contributed by atoms with Crippen molar-refractivity contribution in [1.82, 2.24) is 0 Å². The second-order valence-electron chi connectivity index (χ2n) is 5.08. The Morgan fingerprint density at radius 1 is 1.13 bits per heavy atom. The van der Waals surface area contributed by atoms with Crippen LogP contribution in [0.25, 0.3) is 21.7 Å². The molecule has 0 spiro atoms. The van der Waals surface area contributed by atoms with Gasteiger partial charge in [0.15, 0.2) is 0 Å². The molecule has 3 aromatic rings. The molecule has 0 aliphatic rings. The van der Waals surface area contributed by atoms with Crippen LogP contribution in [0.1, 0.15) is 6.92 Å². The van der Waals surface area contributed by atoms with Crippen molar-refractivity contribution in [3.8, 4) is 11.5 Å². The third-order valence-corrected chi connectivity index (χ3v) is 3.51. The lowest BCUT2D eigenvalue weighted by molar-refractivity contribution is 0.307. The van der Waals surface area contributed by atoms with Crippen molar-refractivity contribution < 1.29 is 19.1 Å². The summed E-state index contributed by atoms with van der Waals surface area (Å²) in [7, 11) is 1.55. The number of nitrogens with zero attached hydrogens (tertiary/aromatic N) is 1. The first kappa shape index (κ1) is 14.9. The number of benzene rings is 2. The predicted octanol–water partition coefficient (Wildman–Crippen LogP) is 3.18. The van der Waals surface area contributed by atoms with Crippen molar-refractivity contribution in [3.63, 3.8) is 0 Å². The maximum absolute atomic E-state index is 12.2. The Kier molecular flexibility index (Phi) is 3.89. The predicted molar refractivity (Wildman–Crippen MR) is 86.9 cm³/mol. The number of rotatable bonds is 4. The molecule has 0 bridgehead atoms. The van der Waals surface area contributed by atoms with E-state index in [0.29, 0.717) is 28.2 Å². The van der Waals surface area contributed by atoms with Crippen molar-refractivity contribution in [2.75, 3.05) is 13.7 Å². The summed E-state index contributed by atoms with van der Waals surface area (Å²) in [4.78, 5) is 12.2. The second-order valence-corrected chi connectivity index (χ2v) is 5.08. The first-order chi connectivity index (χ1) is 11.1. The molecule has 0 amide bonds. The normalized spacial score (nSPS) is 11.8. The zero-order valence-corrected chi connectivity index (χ0v) is 12.7. The van der Waals surface area contributed by atoms with E-state index < -0.39 is 5.63 Å². The molecule has 6 heteroatoms. The van der Waals surface area contributed by atoms with Crippen molar-refractivity contribution in [3.05, 3.63) is 46.8 Å². The molecule has 0 atom stereocenters. The highest BCUT2D eigenvalue weighted by Gasteiger charge is 2.09. The van der Waals surface area contributed by atoms with Gasteiger partial charge in [0, 0.05) is 16.8 Å². The average Bonchev–Trinajstić information content (AvgIpc) is 2.59. The van der Waals surface area contributed by atoms with Crippen LogP contribution in [0.4, 0.5) is 0 Å². The molecule has 23 heavy (non-hydrogen) atoms. The summed E-state index contributed by atoms with van der Waals surface area (Å²) >= 11 is 0. The molecular formula is C17H15NO5. The first-order valence-corrected chi connectivity index (χ1v) is 6.97. The minimum atomic E-state index is -0.434. The molecule has 1 N–H and O–H groups in total. The van der Waals surface area contributed by atoms with Crippen molar-refractivity contribution >= 4 is 27.5 Å². The Balaban J connectivity index is 2.10. The topological polar surface area (TPSA) is 81.3 Å². The van der Waals surface area contributed by atoms with Crippen LogP contribution in [0.5, 0.6) is 11.5 Å². The largest absolute Gasteiger partial charge is 0.497 e. The Morgan fingerprint density at radius 3 is 2.61 bits per heavy atom. The summed E-state index contributed by atoms with van der Waals surface area (Å²) in [5, 5.41) is 13.7. The minimum absolute atomic E-state index is 0.150. The van der Waals surface area contributed by atoms with Gasteiger partial charge in [-0.05, 0) is 37.3 Å². The van der Waals surface area contributed by atoms with E-state index in [9.17, 15) is 4.79 Å². The smallest absolute Gasteiger partial charge is 0.344 e. The van der Waals surface area contributed by atoms with Crippen molar-refractivity contribution in [1.29, 1.82) is 0 Å². The lowest BCUT2D eigenvalue weighted by atomic mass is 10.1. The molecule has 0 fully saturated rings. The summed E-state index contributed by atoms with van der Waals surface area (Å²) in [5.74, 6) is 1.12. The molecule has 0 unspecified atom stereocenters. The quantitative estimate of drug-likeness (QED) is 0.263. The van der Waals surface area contributed by atoms with Gasteiger partial charge >= 0.3 is 5.63 Å². The van der Waals surface area contributed by atoms with Gasteiger partial charge < -0.3 is 19.1 Å². The molecule has 3 rings (SSSR count). The molecule has 6 nitrogen and oxygen atoms in total. The molecule has 0 saturated carbocycles. The van der Waals surface area contributed by atoms with Gasteiger partial charge in [-0.3, -0.25) is 0 Å². The minimum Gasteiger partial charge on any atom is -0.497 e. The Hall–Kier alpha value is -3.02. The third-order valence-electron chi connectivity index (χ3n) is 3.51. The molecular weight excluding hydrogens is 298 g/mol. The van der Waals surface area contributed by atoms with Crippen LogP contribution in [0.2, 0.25) is 0 Å². The van der Waals surface area contributed by atoms with E-state index in [1.165, 1.54) is 0 Å². The third kappa shape index (κ3) is 2.83. The summed E-state index contributed by atoms with van der Waals surface area (Å²) in [6.45, 7) is 1.79. The number of methoxy groups -OCH3 is 1. The number of ether oxygens (including phenoxy) is 2. The van der Waals surface area contributed by atoms with Gasteiger partial charge in [-0.2, -0.15) is 0 Å². The molecule has 0 saturated heterocycles. The van der Waals surface area contributed by atoms with Gasteiger partial charge in [-0.1, -0.05) is 5.16 Å². The maximum Gasteiger partial charge on any atom is 0.344 e. The van der Waals surface area contributed by atoms with Gasteiger partial charge in [0.25, 0.3) is 0 Å².